The normalized spacial score (nSPS) is 14.3. The van der Waals surface area contributed by atoms with E-state index >= 15 is 9.59 Å². The van der Waals surface area contributed by atoms with Crippen LogP contribution in [0.1, 0.15) is 108 Å². The molecule has 13 atom stereocenters. The SMILES string of the molecule is CC(=O)N[C@@H](CS)C(=O)N[C@@H](CCC(N)=O)C(=O)N[C@H](C(=O)N[C@@H](Cc1c[nH]c2ccccc12)C(=O)N[C@@H](CCC(N)=O)C(=O)N[C@@H](CS)C(=O)N[C@@H](Cc1ccc(O)cc1)C(=O)N[C@@H](Cc1c[nH]c2ccccc12)C(=O)N[C@@H](CCC(C)C)C(=O)N[C@@H](CCC(=O)O)C(=O)N[C@@H](CC(N)=O)C(=O)NCC(=O)N[C@@H](Cc1ccccc1)C(N)=O)[C@@H](C)O. The van der Waals surface area contributed by atoms with Crippen molar-refractivity contribution >= 4 is 153 Å². The van der Waals surface area contributed by atoms with Crippen LogP contribution in [-0.2, 0) is 112 Å². The Morgan fingerprint density at radius 2 is 0.762 bits per heavy atom. The van der Waals surface area contributed by atoms with E-state index in [2.05, 4.69) is 104 Å². The van der Waals surface area contributed by atoms with Crippen LogP contribution >= 0.6 is 25.3 Å². The maximum Gasteiger partial charge on any atom is 0.303 e. The molecule has 17 amide bonds. The number of fused-ring (bicyclic) bond motifs is 2. The highest BCUT2D eigenvalue weighted by atomic mass is 32.1. The van der Waals surface area contributed by atoms with E-state index in [1.807, 2.05) is 0 Å². The molecule has 0 bridgehead atoms. The molecule has 6 rings (SSSR count). The van der Waals surface area contributed by atoms with Crippen LogP contribution in [0.4, 0.5) is 0 Å². The van der Waals surface area contributed by atoms with Crippen LogP contribution in [0.3, 0.4) is 0 Å². The molecule has 0 saturated carbocycles. The minimum absolute atomic E-state index is 0.0147. The molecular formula is C80H105N19O21S2. The number of aromatic nitrogens is 2. The topological polar surface area (TPSA) is 660 Å². The number of aliphatic hydroxyl groups is 1. The Bertz CT molecular complexity index is 4740. The molecule has 0 saturated heterocycles. The van der Waals surface area contributed by atoms with Crippen molar-refractivity contribution in [3.8, 4) is 5.75 Å². The first kappa shape index (κ1) is 97.7. The number of aliphatic hydroxyl groups excluding tert-OH is 1. The van der Waals surface area contributed by atoms with Gasteiger partial charge in [0.1, 0.15) is 78.3 Å². The summed E-state index contributed by atoms with van der Waals surface area (Å²) < 4.78 is 0. The molecule has 40 nitrogen and oxygen atoms in total. The Kier molecular flexibility index (Phi) is 38.6. The molecular weight excluding hydrogens is 1630 g/mol. The van der Waals surface area contributed by atoms with Crippen LogP contribution < -0.4 is 92.1 Å². The Hall–Kier alpha value is -13.1. The molecule has 6 aromatic rings. The third-order valence-electron chi connectivity index (χ3n) is 19.2. The lowest BCUT2D eigenvalue weighted by molar-refractivity contribution is -0.139. The molecule has 2 aromatic heterocycles. The van der Waals surface area contributed by atoms with E-state index in [1.54, 1.807) is 98.9 Å². The summed E-state index contributed by atoms with van der Waals surface area (Å²) in [6.07, 6.45) is -4.12. The summed E-state index contributed by atoms with van der Waals surface area (Å²) in [5, 5.41) is 64.2. The number of aliphatic carboxylic acids is 1. The molecule has 0 fully saturated rings. The number of H-pyrrole nitrogens is 2. The molecule has 26 N–H and O–H groups in total. The Morgan fingerprint density at radius 1 is 0.385 bits per heavy atom. The fourth-order valence-corrected chi connectivity index (χ4v) is 13.2. The number of primary amides is 4. The zero-order chi connectivity index (χ0) is 90.0. The summed E-state index contributed by atoms with van der Waals surface area (Å²) in [6, 6.07) is 7.56. The number of aromatic hydroxyl groups is 1. The lowest BCUT2D eigenvalue weighted by atomic mass is 9.99. The number of thiol groups is 2. The van der Waals surface area contributed by atoms with Crippen molar-refractivity contribution < 1.29 is 102 Å². The predicted molar refractivity (Wildman–Crippen MR) is 448 cm³/mol. The number of hydrogen-bond donors (Lipinski definition) is 24. The fourth-order valence-electron chi connectivity index (χ4n) is 12.7. The average Bonchev–Trinajstić information content (AvgIpc) is 1.70. The number of hydrogen-bond acceptors (Lipinski definition) is 22. The number of rotatable bonds is 51. The van der Waals surface area contributed by atoms with E-state index in [4.69, 9.17) is 22.9 Å². The second-order valence-electron chi connectivity index (χ2n) is 29.4. The molecule has 2 heterocycles. The van der Waals surface area contributed by atoms with Gasteiger partial charge in [-0.2, -0.15) is 25.3 Å². The lowest BCUT2D eigenvalue weighted by Gasteiger charge is -2.29. The summed E-state index contributed by atoms with van der Waals surface area (Å²) in [5.74, 6) is -20.2. The number of nitrogens with two attached hydrogens (primary N) is 4. The summed E-state index contributed by atoms with van der Waals surface area (Å²) in [6.45, 7) is 5.01. The van der Waals surface area contributed by atoms with Gasteiger partial charge in [-0.05, 0) is 91.5 Å². The van der Waals surface area contributed by atoms with Gasteiger partial charge in [0.25, 0.3) is 0 Å². The van der Waals surface area contributed by atoms with E-state index < -0.39 is 249 Å². The van der Waals surface area contributed by atoms with Crippen LogP contribution in [0.15, 0.2) is 116 Å². The van der Waals surface area contributed by atoms with Gasteiger partial charge in [0, 0.05) is 97.6 Å². The largest absolute Gasteiger partial charge is 0.508 e. The Morgan fingerprint density at radius 3 is 1.20 bits per heavy atom. The number of carboxylic acid groups (broad SMARTS) is 1. The standard InChI is InChI=1S/C80H105N19O21S2/c1-40(2)18-23-52(71(111)90-55(26-29-67(107)108)72(112)96-60(34-65(83)105)70(110)87-37-66(106)89-56(69(84)109)30-43-12-6-5-7-13-43)91-76(116)58(32-45-35-85-50-16-10-8-14-48(45)50)95-75(115)57(31-44-19-21-47(102)22-20-44)94-79(119)62(39-122)98-73(113)53(24-27-63(81)103)92-77(117)59(33-46-36-86-51-17-11-9-15-49(46)51)97-80(120)68(41(3)100)99-74(114)54(25-28-64(82)104)93-78(118)61(38-121)88-42(4)101/h5-17,19-22,35-36,40-41,52-62,68,85-86,100,102,121-122H,18,23-34,37-39H2,1-4H3,(H2,81,103)(H2,82,104)(H2,83,105)(H2,84,109)(H,87,110)(H,88,101)(H,89,106)(H,90,111)(H,91,116)(H,92,117)(H,93,118)(H,94,119)(H,95,115)(H,96,112)(H,97,120)(H,98,113)(H,99,114)(H,107,108)/t41-,52+,53+,54+,55+,56+,57+,58+,59+,60+,61+,62+,68+/m1/s1. The average molecular weight is 1730 g/mol. The number of carboxylic acids is 1. The molecule has 42 heteroatoms. The highest BCUT2D eigenvalue weighted by Gasteiger charge is 2.39. The third kappa shape index (κ3) is 31.9. The van der Waals surface area contributed by atoms with Gasteiger partial charge in [0.05, 0.1) is 19.1 Å². The Balaban J connectivity index is 1.28. The number of amides is 17. The molecule has 0 unspecified atom stereocenters. The van der Waals surface area contributed by atoms with Crippen LogP contribution in [0.2, 0.25) is 0 Å². The van der Waals surface area contributed by atoms with Crippen molar-refractivity contribution in [1.29, 1.82) is 0 Å². The second-order valence-corrected chi connectivity index (χ2v) is 30.1. The number of para-hydroxylation sites is 2. The van der Waals surface area contributed by atoms with Gasteiger partial charge >= 0.3 is 5.97 Å². The van der Waals surface area contributed by atoms with Gasteiger partial charge in [-0.25, -0.2) is 0 Å². The first-order valence-electron chi connectivity index (χ1n) is 38.9. The first-order valence-corrected chi connectivity index (χ1v) is 40.2. The first-order chi connectivity index (χ1) is 57.8. The fraction of sp³-hybridized carbons (Fsp3) is 0.425. The highest BCUT2D eigenvalue weighted by Crippen LogP contribution is 2.23. The van der Waals surface area contributed by atoms with Crippen molar-refractivity contribution in [3.63, 3.8) is 0 Å². The maximum absolute atomic E-state index is 15.3. The smallest absolute Gasteiger partial charge is 0.303 e. The van der Waals surface area contributed by atoms with Crippen molar-refractivity contribution in [2.24, 2.45) is 28.9 Å². The lowest BCUT2D eigenvalue weighted by Crippen LogP contribution is -2.62. The van der Waals surface area contributed by atoms with Crippen molar-refractivity contribution in [3.05, 3.63) is 138 Å². The molecule has 658 valence electrons. The zero-order valence-corrected chi connectivity index (χ0v) is 69.0. The summed E-state index contributed by atoms with van der Waals surface area (Å²) >= 11 is 8.46. The zero-order valence-electron chi connectivity index (χ0n) is 67.3. The second kappa shape index (κ2) is 48.2. The number of carbonyl (C=O) groups excluding carboxylic acids is 17. The summed E-state index contributed by atoms with van der Waals surface area (Å²) in [5.41, 5.74) is 24.9. The molecule has 0 aliphatic heterocycles. The van der Waals surface area contributed by atoms with Gasteiger partial charge in [-0.1, -0.05) is 92.7 Å². The molecule has 0 aliphatic rings. The number of aromatic amines is 2. The summed E-state index contributed by atoms with van der Waals surface area (Å²) in [4.78, 5) is 252. The van der Waals surface area contributed by atoms with Crippen LogP contribution in [0.5, 0.6) is 5.75 Å². The minimum atomic E-state index is -1.93. The van der Waals surface area contributed by atoms with Crippen LogP contribution in [0, 0.1) is 5.92 Å². The highest BCUT2D eigenvalue weighted by molar-refractivity contribution is 7.80. The predicted octanol–water partition coefficient (Wildman–Crippen LogP) is -3.99. The van der Waals surface area contributed by atoms with Crippen molar-refractivity contribution in [2.75, 3.05) is 18.1 Å². The van der Waals surface area contributed by atoms with E-state index in [0.29, 0.717) is 44.1 Å². The number of phenols is 1. The van der Waals surface area contributed by atoms with Gasteiger partial charge < -0.3 is 117 Å². The quantitative estimate of drug-likeness (QED) is 0.0162. The molecule has 0 aliphatic carbocycles. The van der Waals surface area contributed by atoms with Gasteiger partial charge in [0.15, 0.2) is 0 Å². The molecule has 4 aromatic carbocycles. The number of benzene rings is 4. The maximum atomic E-state index is 15.3. The van der Waals surface area contributed by atoms with Crippen molar-refractivity contribution in [1.82, 2.24) is 79.1 Å². The third-order valence-corrected chi connectivity index (χ3v) is 20.0. The summed E-state index contributed by atoms with van der Waals surface area (Å²) in [7, 11) is 0. The van der Waals surface area contributed by atoms with Crippen molar-refractivity contribution in [2.45, 2.75) is 190 Å². The van der Waals surface area contributed by atoms with Gasteiger partial charge in [0.2, 0.25) is 100 Å². The van der Waals surface area contributed by atoms with Crippen LogP contribution in [-0.4, -0.2) is 228 Å². The van der Waals surface area contributed by atoms with E-state index in [-0.39, 0.29) is 49.5 Å². The molecule has 0 spiro atoms. The number of nitrogens with one attached hydrogen (secondary N) is 15. The van der Waals surface area contributed by atoms with E-state index in [1.165, 1.54) is 30.5 Å². The van der Waals surface area contributed by atoms with E-state index in [9.17, 15) is 92.0 Å². The molecule has 122 heavy (non-hydrogen) atoms. The number of carbonyl (C=O) groups is 18. The van der Waals surface area contributed by atoms with Gasteiger partial charge in [-0.15, -0.1) is 0 Å². The molecule has 0 radical (unpaired) electrons. The minimum Gasteiger partial charge on any atom is -0.508 e. The van der Waals surface area contributed by atoms with Gasteiger partial charge in [-0.3, -0.25) is 86.3 Å². The van der Waals surface area contributed by atoms with E-state index in [0.717, 1.165) is 13.8 Å². The number of phenolic OH excluding ortho intramolecular Hbond substituents is 1. The monoisotopic (exact) mass is 1730 g/mol. The van der Waals surface area contributed by atoms with Crippen LogP contribution in [0.25, 0.3) is 21.8 Å². The Labute approximate surface area is 710 Å².